The summed E-state index contributed by atoms with van der Waals surface area (Å²) in [7, 11) is 0. The smallest absolute Gasteiger partial charge is 0.314 e. The van der Waals surface area contributed by atoms with Crippen molar-refractivity contribution in [1.82, 2.24) is 0 Å². The molecular weight excluding hydrogens is 188 g/mol. The van der Waals surface area contributed by atoms with Gasteiger partial charge in [0.05, 0.1) is 5.92 Å². The Bertz CT molecular complexity index is 316. The fraction of sp³-hybridized carbons (Fsp3) is 0.100. The molecule has 1 aromatic carbocycles. The molecule has 1 unspecified atom stereocenters. The van der Waals surface area contributed by atoms with Gasteiger partial charge in [-0.15, -0.1) is 6.58 Å². The minimum absolute atomic E-state index is 0.594. The van der Waals surface area contributed by atoms with Gasteiger partial charge in [-0.05, 0) is 17.7 Å². The lowest BCUT2D eigenvalue weighted by Gasteiger charge is -2.06. The first-order valence-corrected chi connectivity index (χ1v) is 4.13. The molecule has 0 aromatic heterocycles. The molecule has 1 aromatic rings. The highest BCUT2D eigenvalue weighted by molar-refractivity contribution is 6.30. The van der Waals surface area contributed by atoms with Crippen molar-refractivity contribution in [2.45, 2.75) is 5.92 Å². The molecule has 1 rings (SSSR count). The van der Waals surface area contributed by atoms with Crippen molar-refractivity contribution in [3.05, 3.63) is 47.5 Å². The molecular formula is C10H9ClO2. The fourth-order valence-corrected chi connectivity index (χ4v) is 1.18. The predicted molar refractivity (Wildman–Crippen MR) is 52.0 cm³/mol. The monoisotopic (exact) mass is 196 g/mol. The summed E-state index contributed by atoms with van der Waals surface area (Å²) >= 11 is 5.67. The molecule has 0 amide bonds. The highest BCUT2D eigenvalue weighted by Gasteiger charge is 2.14. The van der Waals surface area contributed by atoms with Gasteiger partial charge in [-0.1, -0.05) is 29.8 Å². The minimum atomic E-state index is -0.905. The van der Waals surface area contributed by atoms with Crippen LogP contribution < -0.4 is 0 Å². The van der Waals surface area contributed by atoms with Gasteiger partial charge in [-0.2, -0.15) is 0 Å². The Hall–Kier alpha value is -1.28. The zero-order chi connectivity index (χ0) is 9.84. The average molecular weight is 197 g/mol. The zero-order valence-corrected chi connectivity index (χ0v) is 7.66. The first-order chi connectivity index (χ1) is 6.15. The Balaban J connectivity index is 2.99. The SMILES string of the molecule is C=CC(C(=O)O)c1ccc(Cl)cc1. The number of benzene rings is 1. The fourth-order valence-electron chi connectivity index (χ4n) is 1.05. The van der Waals surface area contributed by atoms with Crippen LogP contribution in [0.5, 0.6) is 0 Å². The standard InChI is InChI=1S/C10H9ClO2/c1-2-9(10(12)13)7-3-5-8(11)6-4-7/h2-6,9H,1H2,(H,12,13). The van der Waals surface area contributed by atoms with Crippen molar-refractivity contribution >= 4 is 17.6 Å². The summed E-state index contributed by atoms with van der Waals surface area (Å²) < 4.78 is 0. The second-order valence-corrected chi connectivity index (χ2v) is 3.04. The van der Waals surface area contributed by atoms with E-state index in [2.05, 4.69) is 6.58 Å². The van der Waals surface area contributed by atoms with Gasteiger partial charge in [0.25, 0.3) is 0 Å². The second kappa shape index (κ2) is 4.10. The van der Waals surface area contributed by atoms with Gasteiger partial charge in [0.2, 0.25) is 0 Å². The Kier molecular flexibility index (Phi) is 3.09. The molecule has 0 radical (unpaired) electrons. The third-order valence-electron chi connectivity index (χ3n) is 1.73. The van der Waals surface area contributed by atoms with Crippen LogP contribution in [0, 0.1) is 0 Å². The lowest BCUT2D eigenvalue weighted by Crippen LogP contribution is -2.08. The van der Waals surface area contributed by atoms with Gasteiger partial charge in [-0.25, -0.2) is 0 Å². The molecule has 0 heterocycles. The quantitative estimate of drug-likeness (QED) is 0.755. The Labute approximate surface area is 81.5 Å². The molecule has 0 aliphatic heterocycles. The van der Waals surface area contributed by atoms with Gasteiger partial charge in [0.15, 0.2) is 0 Å². The van der Waals surface area contributed by atoms with Crippen molar-refractivity contribution < 1.29 is 9.90 Å². The Morgan fingerprint density at radius 2 is 2.00 bits per heavy atom. The van der Waals surface area contributed by atoms with E-state index in [0.717, 1.165) is 0 Å². The molecule has 0 bridgehead atoms. The summed E-state index contributed by atoms with van der Waals surface area (Å²) in [6.07, 6.45) is 1.39. The molecule has 0 aliphatic rings. The van der Waals surface area contributed by atoms with E-state index in [1.54, 1.807) is 24.3 Å². The van der Waals surface area contributed by atoms with E-state index in [0.29, 0.717) is 10.6 Å². The number of carboxylic acid groups (broad SMARTS) is 1. The van der Waals surface area contributed by atoms with E-state index in [1.165, 1.54) is 6.08 Å². The lowest BCUT2D eigenvalue weighted by atomic mass is 10.00. The molecule has 0 fully saturated rings. The predicted octanol–water partition coefficient (Wildman–Crippen LogP) is 2.69. The van der Waals surface area contributed by atoms with Gasteiger partial charge < -0.3 is 5.11 Å². The number of aliphatic carboxylic acids is 1. The largest absolute Gasteiger partial charge is 0.481 e. The van der Waals surface area contributed by atoms with Crippen LogP contribution in [0.1, 0.15) is 11.5 Å². The van der Waals surface area contributed by atoms with Crippen molar-refractivity contribution in [3.63, 3.8) is 0 Å². The molecule has 0 spiro atoms. The molecule has 0 saturated heterocycles. The van der Waals surface area contributed by atoms with Crippen molar-refractivity contribution in [3.8, 4) is 0 Å². The van der Waals surface area contributed by atoms with E-state index in [4.69, 9.17) is 16.7 Å². The number of carbonyl (C=O) groups is 1. The minimum Gasteiger partial charge on any atom is -0.481 e. The summed E-state index contributed by atoms with van der Waals surface area (Å²) in [5.41, 5.74) is 0.687. The van der Waals surface area contributed by atoms with Crippen LogP contribution in [0.15, 0.2) is 36.9 Å². The maximum Gasteiger partial charge on any atom is 0.314 e. The van der Waals surface area contributed by atoms with Crippen LogP contribution in [0.25, 0.3) is 0 Å². The topological polar surface area (TPSA) is 37.3 Å². The number of hydrogen-bond donors (Lipinski definition) is 1. The Morgan fingerprint density at radius 1 is 1.46 bits per heavy atom. The van der Waals surface area contributed by atoms with Crippen molar-refractivity contribution in [2.24, 2.45) is 0 Å². The molecule has 3 heteroatoms. The normalized spacial score (nSPS) is 12.1. The van der Waals surface area contributed by atoms with Gasteiger partial charge >= 0.3 is 5.97 Å². The summed E-state index contributed by atoms with van der Waals surface area (Å²) in [4.78, 5) is 10.7. The van der Waals surface area contributed by atoms with Crippen molar-refractivity contribution in [2.75, 3.05) is 0 Å². The maximum atomic E-state index is 10.7. The molecule has 68 valence electrons. The first-order valence-electron chi connectivity index (χ1n) is 3.76. The van der Waals surface area contributed by atoms with Crippen molar-refractivity contribution in [1.29, 1.82) is 0 Å². The van der Waals surface area contributed by atoms with Crippen LogP contribution in [-0.4, -0.2) is 11.1 Å². The van der Waals surface area contributed by atoms with Crippen LogP contribution in [-0.2, 0) is 4.79 Å². The lowest BCUT2D eigenvalue weighted by molar-refractivity contribution is -0.137. The summed E-state index contributed by atoms with van der Waals surface area (Å²) in [6, 6.07) is 6.69. The van der Waals surface area contributed by atoms with Crippen LogP contribution in [0.3, 0.4) is 0 Å². The van der Waals surface area contributed by atoms with E-state index in [9.17, 15) is 4.79 Å². The third-order valence-corrected chi connectivity index (χ3v) is 1.98. The van der Waals surface area contributed by atoms with Gasteiger partial charge in [0.1, 0.15) is 0 Å². The summed E-state index contributed by atoms with van der Waals surface area (Å²) in [6.45, 7) is 3.47. The molecule has 1 atom stereocenters. The summed E-state index contributed by atoms with van der Waals surface area (Å²) in [5, 5.41) is 9.39. The van der Waals surface area contributed by atoms with E-state index in [1.807, 2.05) is 0 Å². The van der Waals surface area contributed by atoms with Crippen LogP contribution in [0.2, 0.25) is 5.02 Å². The summed E-state index contributed by atoms with van der Waals surface area (Å²) in [5.74, 6) is -1.56. The van der Waals surface area contributed by atoms with E-state index < -0.39 is 11.9 Å². The number of rotatable bonds is 3. The number of halogens is 1. The zero-order valence-electron chi connectivity index (χ0n) is 6.90. The second-order valence-electron chi connectivity index (χ2n) is 2.60. The number of hydrogen-bond acceptors (Lipinski definition) is 1. The average Bonchev–Trinajstić information content (AvgIpc) is 2.09. The maximum absolute atomic E-state index is 10.7. The van der Waals surface area contributed by atoms with E-state index in [-0.39, 0.29) is 0 Å². The van der Waals surface area contributed by atoms with Gasteiger partial charge in [0, 0.05) is 5.02 Å². The highest BCUT2D eigenvalue weighted by atomic mass is 35.5. The molecule has 0 saturated carbocycles. The van der Waals surface area contributed by atoms with E-state index >= 15 is 0 Å². The Morgan fingerprint density at radius 3 is 2.38 bits per heavy atom. The molecule has 1 N–H and O–H groups in total. The molecule has 2 nitrogen and oxygen atoms in total. The van der Waals surface area contributed by atoms with Crippen LogP contribution in [0.4, 0.5) is 0 Å². The number of carboxylic acids is 1. The third kappa shape index (κ3) is 2.33. The molecule has 0 aliphatic carbocycles. The highest BCUT2D eigenvalue weighted by Crippen LogP contribution is 2.19. The molecule has 13 heavy (non-hydrogen) atoms. The van der Waals surface area contributed by atoms with Crippen LogP contribution >= 0.6 is 11.6 Å². The first kappa shape index (κ1) is 9.81. The van der Waals surface area contributed by atoms with Gasteiger partial charge in [-0.3, -0.25) is 4.79 Å².